The lowest BCUT2D eigenvalue weighted by atomic mass is 9.97. The molecule has 10 heteroatoms. The van der Waals surface area contributed by atoms with Crippen LogP contribution in [0, 0.1) is 0 Å². The van der Waals surface area contributed by atoms with Gasteiger partial charge in [-0.05, 0) is 64.0 Å². The van der Waals surface area contributed by atoms with E-state index in [9.17, 15) is 22.8 Å². The van der Waals surface area contributed by atoms with Gasteiger partial charge in [0.2, 0.25) is 0 Å². The molecule has 3 fully saturated rings. The van der Waals surface area contributed by atoms with Crippen LogP contribution in [0.1, 0.15) is 97.6 Å². The molecule has 200 valence electrons. The highest BCUT2D eigenvalue weighted by molar-refractivity contribution is 5.96. The second kappa shape index (κ2) is 10.0. The van der Waals surface area contributed by atoms with Gasteiger partial charge in [0.25, 0.3) is 5.91 Å². The van der Waals surface area contributed by atoms with Gasteiger partial charge in [-0.15, -0.1) is 0 Å². The van der Waals surface area contributed by atoms with Crippen LogP contribution in [0.4, 0.5) is 18.0 Å². The number of benzene rings is 1. The summed E-state index contributed by atoms with van der Waals surface area (Å²) in [7, 11) is 0. The van der Waals surface area contributed by atoms with Gasteiger partial charge in [0.15, 0.2) is 0 Å². The summed E-state index contributed by atoms with van der Waals surface area (Å²) in [5.74, 6) is 0.00797. The number of urea groups is 1. The summed E-state index contributed by atoms with van der Waals surface area (Å²) in [5.41, 5.74) is 0.906. The molecule has 0 radical (unpaired) electrons. The van der Waals surface area contributed by atoms with Gasteiger partial charge in [0, 0.05) is 31.6 Å². The molecule has 1 aromatic carbocycles. The van der Waals surface area contributed by atoms with Crippen LogP contribution in [0.25, 0.3) is 0 Å². The van der Waals surface area contributed by atoms with Crippen LogP contribution >= 0.6 is 0 Å². The summed E-state index contributed by atoms with van der Waals surface area (Å²) < 4.78 is 43.2. The molecule has 7 nitrogen and oxygen atoms in total. The van der Waals surface area contributed by atoms with E-state index >= 15 is 0 Å². The van der Waals surface area contributed by atoms with Gasteiger partial charge in [-0.25, -0.2) is 4.79 Å². The summed E-state index contributed by atoms with van der Waals surface area (Å²) >= 11 is 0. The van der Waals surface area contributed by atoms with Crippen molar-refractivity contribution in [3.05, 3.63) is 52.8 Å². The van der Waals surface area contributed by atoms with Crippen molar-refractivity contribution in [1.82, 2.24) is 24.9 Å². The van der Waals surface area contributed by atoms with Gasteiger partial charge < -0.3 is 15.1 Å². The third kappa shape index (κ3) is 5.20. The Morgan fingerprint density at radius 2 is 1.73 bits per heavy atom. The van der Waals surface area contributed by atoms with Crippen molar-refractivity contribution in [2.24, 2.45) is 0 Å². The molecule has 1 saturated carbocycles. The maximum atomic E-state index is 13.8. The van der Waals surface area contributed by atoms with E-state index in [-0.39, 0.29) is 35.5 Å². The molecular weight excluding hydrogens is 483 g/mol. The van der Waals surface area contributed by atoms with Crippen LogP contribution in [0.5, 0.6) is 0 Å². The molecule has 2 saturated heterocycles. The van der Waals surface area contributed by atoms with Gasteiger partial charge in [-0.2, -0.15) is 18.3 Å². The van der Waals surface area contributed by atoms with Crippen molar-refractivity contribution < 1.29 is 22.8 Å². The number of nitrogens with one attached hydrogen (secondary N) is 1. The molecule has 1 aromatic heterocycles. The largest absolute Gasteiger partial charge is 0.416 e. The van der Waals surface area contributed by atoms with Crippen LogP contribution in [-0.4, -0.2) is 57.2 Å². The number of alkyl halides is 3. The van der Waals surface area contributed by atoms with Crippen molar-refractivity contribution in [1.29, 1.82) is 0 Å². The van der Waals surface area contributed by atoms with E-state index in [0.717, 1.165) is 37.4 Å². The molecule has 5 rings (SSSR count). The molecular formula is C27H34F3N5O2. The van der Waals surface area contributed by atoms with E-state index in [2.05, 4.69) is 10.4 Å². The summed E-state index contributed by atoms with van der Waals surface area (Å²) in [5, 5.41) is 7.57. The normalized spacial score (nSPS) is 21.1. The Balaban J connectivity index is 1.37. The van der Waals surface area contributed by atoms with Crippen LogP contribution in [-0.2, 0) is 6.18 Å². The minimum Gasteiger partial charge on any atom is -0.336 e. The Labute approximate surface area is 215 Å². The fraction of sp³-hybridized carbons (Fsp3) is 0.593. The van der Waals surface area contributed by atoms with E-state index in [4.69, 9.17) is 0 Å². The number of likely N-dealkylation sites (tertiary alicyclic amines) is 2. The second-order valence-corrected chi connectivity index (χ2v) is 10.7. The Morgan fingerprint density at radius 3 is 2.38 bits per heavy atom. The van der Waals surface area contributed by atoms with Crippen LogP contribution in [0.15, 0.2) is 30.5 Å². The van der Waals surface area contributed by atoms with E-state index < -0.39 is 17.8 Å². The first-order chi connectivity index (χ1) is 17.6. The molecule has 0 bridgehead atoms. The third-order valence-electron chi connectivity index (χ3n) is 7.68. The van der Waals surface area contributed by atoms with E-state index in [1.165, 1.54) is 12.1 Å². The number of nitrogens with zero attached hydrogens (tertiary/aromatic N) is 4. The number of piperidine rings is 1. The van der Waals surface area contributed by atoms with Gasteiger partial charge in [0.05, 0.1) is 35.1 Å². The Bertz CT molecular complexity index is 1150. The average molecular weight is 518 g/mol. The molecule has 2 aromatic rings. The molecule has 3 heterocycles. The van der Waals surface area contributed by atoms with Gasteiger partial charge in [-0.3, -0.25) is 9.48 Å². The standard InChI is InChI=1S/C27H34F3N5O2/c1-17(2)32-26(37)33-14-11-19(12-15-33)35-24(18-9-10-18)21(16-31-35)25(36)34-13-5-8-23(34)20-6-3-4-7-22(20)27(28,29)30/h3-4,6-7,16-19,23H,5,8-15H2,1-2H3,(H,32,37). The molecule has 37 heavy (non-hydrogen) atoms. The van der Waals surface area contributed by atoms with E-state index in [0.29, 0.717) is 38.0 Å². The molecule has 1 unspecified atom stereocenters. The first-order valence-corrected chi connectivity index (χ1v) is 13.2. The van der Waals surface area contributed by atoms with Crippen molar-refractivity contribution >= 4 is 11.9 Å². The highest BCUT2D eigenvalue weighted by Crippen LogP contribution is 2.45. The maximum absolute atomic E-state index is 13.8. The summed E-state index contributed by atoms with van der Waals surface area (Å²) in [6, 6.07) is 5.07. The van der Waals surface area contributed by atoms with Crippen LogP contribution < -0.4 is 5.32 Å². The second-order valence-electron chi connectivity index (χ2n) is 10.7. The molecule has 3 aliphatic rings. The Hall–Kier alpha value is -3.04. The number of hydrogen-bond acceptors (Lipinski definition) is 3. The Kier molecular flexibility index (Phi) is 6.93. The first-order valence-electron chi connectivity index (χ1n) is 13.2. The monoisotopic (exact) mass is 517 g/mol. The zero-order valence-electron chi connectivity index (χ0n) is 21.3. The average Bonchev–Trinajstić information content (AvgIpc) is 3.41. The predicted octanol–water partition coefficient (Wildman–Crippen LogP) is 5.51. The number of hydrogen-bond donors (Lipinski definition) is 1. The lowest BCUT2D eigenvalue weighted by molar-refractivity contribution is -0.138. The molecule has 3 amide bonds. The number of carbonyl (C=O) groups excluding carboxylic acids is 2. The summed E-state index contributed by atoms with van der Waals surface area (Å²) in [6.07, 6.45) is 1.73. The van der Waals surface area contributed by atoms with Gasteiger partial charge in [0.1, 0.15) is 0 Å². The topological polar surface area (TPSA) is 70.5 Å². The van der Waals surface area contributed by atoms with Crippen molar-refractivity contribution in [3.8, 4) is 0 Å². The predicted molar refractivity (Wildman–Crippen MR) is 132 cm³/mol. The molecule has 1 atom stereocenters. The van der Waals surface area contributed by atoms with E-state index in [1.54, 1.807) is 17.2 Å². The van der Waals surface area contributed by atoms with E-state index in [1.807, 2.05) is 23.4 Å². The minimum atomic E-state index is -4.47. The van der Waals surface area contributed by atoms with Gasteiger partial charge >= 0.3 is 12.2 Å². The molecule has 0 spiro atoms. The first kappa shape index (κ1) is 25.6. The molecule has 1 N–H and O–H groups in total. The zero-order chi connectivity index (χ0) is 26.3. The highest BCUT2D eigenvalue weighted by atomic mass is 19.4. The van der Waals surface area contributed by atoms with Crippen LogP contribution in [0.2, 0.25) is 0 Å². The van der Waals surface area contributed by atoms with Crippen LogP contribution in [0.3, 0.4) is 0 Å². The Morgan fingerprint density at radius 1 is 1.03 bits per heavy atom. The van der Waals surface area contributed by atoms with Gasteiger partial charge in [-0.1, -0.05) is 18.2 Å². The maximum Gasteiger partial charge on any atom is 0.416 e. The minimum absolute atomic E-state index is 0.0635. The molecule has 1 aliphatic carbocycles. The van der Waals surface area contributed by atoms with Crippen molar-refractivity contribution in [2.45, 2.75) is 82.6 Å². The van der Waals surface area contributed by atoms with Crippen molar-refractivity contribution in [2.75, 3.05) is 19.6 Å². The summed E-state index contributed by atoms with van der Waals surface area (Å²) in [6.45, 7) is 5.51. The third-order valence-corrected chi connectivity index (χ3v) is 7.68. The highest BCUT2D eigenvalue weighted by Gasteiger charge is 2.42. The zero-order valence-corrected chi connectivity index (χ0v) is 21.3. The lowest BCUT2D eigenvalue weighted by Crippen LogP contribution is -2.46. The number of carbonyl (C=O) groups is 2. The number of aromatic nitrogens is 2. The quantitative estimate of drug-likeness (QED) is 0.569. The number of amides is 3. The van der Waals surface area contributed by atoms with Crippen molar-refractivity contribution in [3.63, 3.8) is 0 Å². The number of rotatable bonds is 5. The molecule has 2 aliphatic heterocycles. The fourth-order valence-electron chi connectivity index (χ4n) is 5.78. The SMILES string of the molecule is CC(C)NC(=O)N1CCC(n2ncc(C(=O)N3CCCC3c3ccccc3C(F)(F)F)c2C2CC2)CC1. The fourth-order valence-corrected chi connectivity index (χ4v) is 5.78. The smallest absolute Gasteiger partial charge is 0.336 e. The lowest BCUT2D eigenvalue weighted by Gasteiger charge is -2.33. The number of halogens is 3. The summed E-state index contributed by atoms with van der Waals surface area (Å²) in [4.78, 5) is 29.6.